The van der Waals surface area contributed by atoms with Crippen molar-refractivity contribution in [1.29, 1.82) is 0 Å². The summed E-state index contributed by atoms with van der Waals surface area (Å²) in [5, 5.41) is 11.9. The number of nitrogens with one attached hydrogen (secondary N) is 3. The number of H-pyrrole nitrogens is 1. The number of amides is 2. The number of nitrogens with zero attached hydrogens (tertiary/aromatic N) is 1. The number of imidazole rings is 1. The van der Waals surface area contributed by atoms with Gasteiger partial charge in [-0.05, 0) is 54.1 Å². The monoisotopic (exact) mass is 432 g/mol. The van der Waals surface area contributed by atoms with Crippen LogP contribution in [0.15, 0.2) is 72.8 Å². The Balaban J connectivity index is 1.57. The molecule has 31 heavy (non-hydrogen) atoms. The maximum absolute atomic E-state index is 12.7. The van der Waals surface area contributed by atoms with Crippen molar-refractivity contribution in [2.24, 2.45) is 0 Å². The first-order chi connectivity index (χ1) is 15.0. The van der Waals surface area contributed by atoms with E-state index in [-0.39, 0.29) is 5.91 Å². The largest absolute Gasteiger partial charge is 0.338 e. The first-order valence-corrected chi connectivity index (χ1v) is 9.69. The SMILES string of the molecule is O=C(/C=C/c1cccc(C(=O)Nc2ccc(Cl)c(-c3nc4ccccc4[nH]3)c2)c1)NO. The van der Waals surface area contributed by atoms with E-state index in [4.69, 9.17) is 16.8 Å². The minimum Gasteiger partial charge on any atom is -0.338 e. The highest BCUT2D eigenvalue weighted by Gasteiger charge is 2.12. The number of para-hydroxylation sites is 2. The van der Waals surface area contributed by atoms with E-state index in [0.29, 0.717) is 33.2 Å². The molecule has 0 radical (unpaired) electrons. The lowest BCUT2D eigenvalue weighted by Crippen LogP contribution is -2.14. The molecule has 0 saturated carbocycles. The molecule has 0 bridgehead atoms. The molecule has 2 amide bonds. The lowest BCUT2D eigenvalue weighted by atomic mass is 10.1. The third kappa shape index (κ3) is 4.63. The normalized spacial score (nSPS) is 11.0. The summed E-state index contributed by atoms with van der Waals surface area (Å²) >= 11 is 6.37. The Labute approximate surface area is 182 Å². The summed E-state index contributed by atoms with van der Waals surface area (Å²) in [6.45, 7) is 0. The molecular formula is C23H17ClN4O3. The second-order valence-corrected chi connectivity index (χ2v) is 7.09. The summed E-state index contributed by atoms with van der Waals surface area (Å²) in [4.78, 5) is 31.7. The molecule has 0 fully saturated rings. The quantitative estimate of drug-likeness (QED) is 0.209. The molecule has 0 aliphatic rings. The number of carbonyl (C=O) groups excluding carboxylic acids is 2. The third-order valence-corrected chi connectivity index (χ3v) is 4.88. The van der Waals surface area contributed by atoms with Crippen LogP contribution in [0.4, 0.5) is 5.69 Å². The topological polar surface area (TPSA) is 107 Å². The number of halogens is 1. The van der Waals surface area contributed by atoms with Gasteiger partial charge in [-0.2, -0.15) is 0 Å². The van der Waals surface area contributed by atoms with Crippen molar-refractivity contribution < 1.29 is 14.8 Å². The lowest BCUT2D eigenvalue weighted by Gasteiger charge is -2.09. The van der Waals surface area contributed by atoms with Crippen LogP contribution in [0.5, 0.6) is 0 Å². The Morgan fingerprint density at radius 2 is 1.87 bits per heavy atom. The van der Waals surface area contributed by atoms with E-state index >= 15 is 0 Å². The summed E-state index contributed by atoms with van der Waals surface area (Å²) in [5.41, 5.74) is 5.50. The molecule has 0 saturated heterocycles. The minimum atomic E-state index is -0.658. The number of hydrogen-bond acceptors (Lipinski definition) is 4. The van der Waals surface area contributed by atoms with Crippen molar-refractivity contribution in [1.82, 2.24) is 15.4 Å². The highest BCUT2D eigenvalue weighted by molar-refractivity contribution is 6.33. The predicted octanol–water partition coefficient (Wildman–Crippen LogP) is 4.65. The Kier molecular flexibility index (Phi) is 5.79. The van der Waals surface area contributed by atoms with Crippen LogP contribution in [0.25, 0.3) is 28.5 Å². The van der Waals surface area contributed by atoms with E-state index in [1.165, 1.54) is 11.6 Å². The third-order valence-electron chi connectivity index (χ3n) is 4.55. The molecule has 0 atom stereocenters. The number of hydroxylamine groups is 1. The zero-order valence-corrected chi connectivity index (χ0v) is 16.9. The van der Waals surface area contributed by atoms with Crippen LogP contribution in [-0.4, -0.2) is 27.0 Å². The van der Waals surface area contributed by atoms with Crippen LogP contribution in [0.3, 0.4) is 0 Å². The van der Waals surface area contributed by atoms with Crippen LogP contribution in [0.2, 0.25) is 5.02 Å². The molecule has 4 aromatic rings. The summed E-state index contributed by atoms with van der Waals surface area (Å²) in [7, 11) is 0. The molecule has 0 unspecified atom stereocenters. The van der Waals surface area contributed by atoms with Crippen LogP contribution in [0.1, 0.15) is 15.9 Å². The maximum atomic E-state index is 12.7. The number of aromatic amines is 1. The molecule has 7 nitrogen and oxygen atoms in total. The van der Waals surface area contributed by atoms with Crippen molar-refractivity contribution in [3.8, 4) is 11.4 Å². The van der Waals surface area contributed by atoms with Crippen molar-refractivity contribution in [2.45, 2.75) is 0 Å². The summed E-state index contributed by atoms with van der Waals surface area (Å²) in [6, 6.07) is 19.6. The smallest absolute Gasteiger partial charge is 0.267 e. The second-order valence-electron chi connectivity index (χ2n) is 6.69. The number of anilines is 1. The standard InChI is InChI=1S/C23H17ClN4O3/c24-18-10-9-16(13-17(18)22-26-19-6-1-2-7-20(19)27-22)25-23(30)15-5-3-4-14(12-15)8-11-21(29)28-31/h1-13,31H,(H,25,30)(H,26,27)(H,28,29)/b11-8+. The van der Waals surface area contributed by atoms with Crippen LogP contribution >= 0.6 is 11.6 Å². The number of benzene rings is 3. The van der Waals surface area contributed by atoms with Crippen molar-refractivity contribution in [3.63, 3.8) is 0 Å². The number of aromatic nitrogens is 2. The zero-order valence-electron chi connectivity index (χ0n) is 16.1. The van der Waals surface area contributed by atoms with Gasteiger partial charge in [0.1, 0.15) is 5.82 Å². The Morgan fingerprint density at radius 1 is 1.03 bits per heavy atom. The van der Waals surface area contributed by atoms with E-state index in [1.807, 2.05) is 24.3 Å². The van der Waals surface area contributed by atoms with Crippen LogP contribution < -0.4 is 10.8 Å². The molecule has 4 rings (SSSR count). The van der Waals surface area contributed by atoms with Crippen molar-refractivity contribution in [3.05, 3.63) is 89.0 Å². The fourth-order valence-corrected chi connectivity index (χ4v) is 3.27. The maximum Gasteiger partial charge on any atom is 0.267 e. The van der Waals surface area contributed by atoms with Gasteiger partial charge in [0, 0.05) is 22.9 Å². The average Bonchev–Trinajstić information content (AvgIpc) is 3.23. The van der Waals surface area contributed by atoms with E-state index in [1.54, 1.807) is 42.5 Å². The summed E-state index contributed by atoms with van der Waals surface area (Å²) in [6.07, 6.45) is 2.65. The van der Waals surface area contributed by atoms with Gasteiger partial charge in [0.25, 0.3) is 11.8 Å². The van der Waals surface area contributed by atoms with Crippen molar-refractivity contribution in [2.75, 3.05) is 5.32 Å². The molecule has 4 N–H and O–H groups in total. The van der Waals surface area contributed by atoms with Gasteiger partial charge >= 0.3 is 0 Å². The second kappa shape index (κ2) is 8.83. The molecule has 8 heteroatoms. The van der Waals surface area contributed by atoms with E-state index in [9.17, 15) is 9.59 Å². The number of carbonyl (C=O) groups is 2. The van der Waals surface area contributed by atoms with E-state index < -0.39 is 5.91 Å². The number of rotatable bonds is 5. The van der Waals surface area contributed by atoms with Crippen molar-refractivity contribution >= 4 is 46.2 Å². The van der Waals surface area contributed by atoms with Crippen LogP contribution in [0, 0.1) is 0 Å². The first kappa shape index (κ1) is 20.3. The van der Waals surface area contributed by atoms with Gasteiger partial charge in [-0.15, -0.1) is 0 Å². The van der Waals surface area contributed by atoms with Gasteiger partial charge in [0.15, 0.2) is 0 Å². The molecule has 3 aromatic carbocycles. The summed E-state index contributed by atoms with van der Waals surface area (Å²) < 4.78 is 0. The predicted molar refractivity (Wildman–Crippen MR) is 120 cm³/mol. The number of hydrogen-bond donors (Lipinski definition) is 4. The van der Waals surface area contributed by atoms with Gasteiger partial charge < -0.3 is 10.3 Å². The molecule has 1 aromatic heterocycles. The molecular weight excluding hydrogens is 416 g/mol. The zero-order chi connectivity index (χ0) is 21.8. The number of fused-ring (bicyclic) bond motifs is 1. The fraction of sp³-hybridized carbons (Fsp3) is 0. The Bertz CT molecular complexity index is 1280. The molecule has 0 spiro atoms. The molecule has 154 valence electrons. The highest BCUT2D eigenvalue weighted by atomic mass is 35.5. The van der Waals surface area contributed by atoms with E-state index in [2.05, 4.69) is 15.3 Å². The Hall–Kier alpha value is -3.94. The minimum absolute atomic E-state index is 0.320. The fourth-order valence-electron chi connectivity index (χ4n) is 3.06. The lowest BCUT2D eigenvalue weighted by molar-refractivity contribution is -0.124. The van der Waals surface area contributed by atoms with E-state index in [0.717, 1.165) is 17.1 Å². The average molecular weight is 433 g/mol. The van der Waals surface area contributed by atoms with Gasteiger partial charge in [0.2, 0.25) is 0 Å². The first-order valence-electron chi connectivity index (χ1n) is 9.32. The van der Waals surface area contributed by atoms with Gasteiger partial charge in [-0.1, -0.05) is 35.9 Å². The van der Waals surface area contributed by atoms with Gasteiger partial charge in [-0.3, -0.25) is 14.8 Å². The molecule has 1 heterocycles. The summed E-state index contributed by atoms with van der Waals surface area (Å²) in [5.74, 6) is -0.370. The molecule has 0 aliphatic carbocycles. The highest BCUT2D eigenvalue weighted by Crippen LogP contribution is 2.30. The van der Waals surface area contributed by atoms with Gasteiger partial charge in [-0.25, -0.2) is 10.5 Å². The van der Waals surface area contributed by atoms with Gasteiger partial charge in [0.05, 0.1) is 16.1 Å². The molecule has 0 aliphatic heterocycles. The Morgan fingerprint density at radius 3 is 2.68 bits per heavy atom. The van der Waals surface area contributed by atoms with Crippen LogP contribution in [-0.2, 0) is 4.79 Å².